The van der Waals surface area contributed by atoms with Crippen LogP contribution in [0.15, 0.2) is 48.5 Å². The van der Waals surface area contributed by atoms with Crippen molar-refractivity contribution in [1.82, 2.24) is 0 Å². The average molecular weight is 355 g/mol. The number of aryl methyl sites for hydroxylation is 1. The lowest BCUT2D eigenvalue weighted by Gasteiger charge is -2.12. The van der Waals surface area contributed by atoms with Crippen molar-refractivity contribution < 1.29 is 9.47 Å². The van der Waals surface area contributed by atoms with Gasteiger partial charge in [0.25, 0.3) is 0 Å². The molecule has 0 saturated carbocycles. The number of hydrogen-bond acceptors (Lipinski definition) is 3. The SMILES string of the molecule is CCCc1ccc(C(=S)C=Cc2c(OCC)cccc2OCC)cc1. The molecule has 0 heterocycles. The molecule has 2 aromatic carbocycles. The number of rotatable bonds is 9. The Labute approximate surface area is 156 Å². The molecule has 0 saturated heterocycles. The Hall–Kier alpha value is -2.13. The Morgan fingerprint density at radius 2 is 1.52 bits per heavy atom. The first-order valence-corrected chi connectivity index (χ1v) is 9.30. The maximum absolute atomic E-state index is 5.73. The smallest absolute Gasteiger partial charge is 0.130 e. The number of hydrogen-bond donors (Lipinski definition) is 0. The molecule has 0 spiro atoms. The van der Waals surface area contributed by atoms with Gasteiger partial charge in [-0.3, -0.25) is 0 Å². The maximum Gasteiger partial charge on any atom is 0.130 e. The van der Waals surface area contributed by atoms with Gasteiger partial charge in [0.1, 0.15) is 11.5 Å². The second-order valence-electron chi connectivity index (χ2n) is 5.68. The second kappa shape index (κ2) is 10.00. The summed E-state index contributed by atoms with van der Waals surface area (Å²) < 4.78 is 11.5. The standard InChI is InChI=1S/C22H26O2S/c1-4-8-17-11-13-18(14-12-17)22(25)16-15-19-20(23-5-2)9-7-10-21(19)24-6-3/h7,9-16H,4-6,8H2,1-3H3. The Kier molecular flexibility index (Phi) is 7.68. The molecule has 0 aliphatic rings. The van der Waals surface area contributed by atoms with Crippen molar-refractivity contribution in [2.24, 2.45) is 0 Å². The topological polar surface area (TPSA) is 18.5 Å². The normalized spacial score (nSPS) is 10.8. The van der Waals surface area contributed by atoms with Crippen molar-refractivity contribution in [3.05, 3.63) is 65.2 Å². The molecular formula is C22H26O2S. The molecule has 0 radical (unpaired) electrons. The molecule has 25 heavy (non-hydrogen) atoms. The van der Waals surface area contributed by atoms with E-state index in [0.29, 0.717) is 13.2 Å². The highest BCUT2D eigenvalue weighted by Crippen LogP contribution is 2.30. The highest BCUT2D eigenvalue weighted by Gasteiger charge is 2.08. The van der Waals surface area contributed by atoms with E-state index in [1.54, 1.807) is 0 Å². The number of ether oxygens (including phenoxy) is 2. The van der Waals surface area contributed by atoms with Crippen LogP contribution in [0.2, 0.25) is 0 Å². The maximum atomic E-state index is 5.73. The third kappa shape index (κ3) is 5.43. The first kappa shape index (κ1) is 19.2. The van der Waals surface area contributed by atoms with Crippen molar-refractivity contribution in [2.75, 3.05) is 13.2 Å². The average Bonchev–Trinajstić information content (AvgIpc) is 2.62. The lowest BCUT2D eigenvalue weighted by molar-refractivity contribution is 0.322. The van der Waals surface area contributed by atoms with E-state index < -0.39 is 0 Å². The molecule has 2 nitrogen and oxygen atoms in total. The van der Waals surface area contributed by atoms with E-state index in [1.165, 1.54) is 5.56 Å². The van der Waals surface area contributed by atoms with Crippen LogP contribution in [0.5, 0.6) is 11.5 Å². The summed E-state index contributed by atoms with van der Waals surface area (Å²) in [5.74, 6) is 1.62. The van der Waals surface area contributed by atoms with Crippen LogP contribution in [0.1, 0.15) is 43.9 Å². The third-order valence-electron chi connectivity index (χ3n) is 3.80. The predicted octanol–water partition coefficient (Wildman–Crippen LogP) is 5.87. The molecular weight excluding hydrogens is 328 g/mol. The van der Waals surface area contributed by atoms with E-state index in [2.05, 4.69) is 31.2 Å². The second-order valence-corrected chi connectivity index (χ2v) is 6.12. The van der Waals surface area contributed by atoms with Crippen LogP contribution in [-0.2, 0) is 6.42 Å². The minimum absolute atomic E-state index is 0.611. The summed E-state index contributed by atoms with van der Waals surface area (Å²) in [5.41, 5.74) is 3.33. The van der Waals surface area contributed by atoms with E-state index in [4.69, 9.17) is 21.7 Å². The van der Waals surface area contributed by atoms with Crippen molar-refractivity contribution in [1.29, 1.82) is 0 Å². The summed E-state index contributed by atoms with van der Waals surface area (Å²) in [4.78, 5) is 0.803. The molecule has 0 aliphatic carbocycles. The molecule has 2 aromatic rings. The fourth-order valence-electron chi connectivity index (χ4n) is 2.63. The van der Waals surface area contributed by atoms with Crippen molar-refractivity contribution >= 4 is 23.2 Å². The minimum atomic E-state index is 0.611. The Morgan fingerprint density at radius 3 is 2.04 bits per heavy atom. The first-order chi connectivity index (χ1) is 12.2. The summed E-state index contributed by atoms with van der Waals surface area (Å²) in [7, 11) is 0. The van der Waals surface area contributed by atoms with Crippen LogP contribution in [-0.4, -0.2) is 18.1 Å². The zero-order valence-corrected chi connectivity index (χ0v) is 16.1. The Balaban J connectivity index is 2.23. The largest absolute Gasteiger partial charge is 0.493 e. The van der Waals surface area contributed by atoms with Crippen molar-refractivity contribution in [3.8, 4) is 11.5 Å². The van der Waals surface area contributed by atoms with E-state index >= 15 is 0 Å². The fraction of sp³-hybridized carbons (Fsp3) is 0.318. The monoisotopic (exact) mass is 354 g/mol. The van der Waals surface area contributed by atoms with Gasteiger partial charge in [-0.2, -0.15) is 0 Å². The molecule has 0 unspecified atom stereocenters. The van der Waals surface area contributed by atoms with Gasteiger partial charge in [-0.15, -0.1) is 0 Å². The molecule has 0 N–H and O–H groups in total. The molecule has 132 valence electrons. The summed E-state index contributed by atoms with van der Waals surface area (Å²) in [5, 5.41) is 0. The lowest BCUT2D eigenvalue weighted by Crippen LogP contribution is -1.99. The highest BCUT2D eigenvalue weighted by molar-refractivity contribution is 7.81. The van der Waals surface area contributed by atoms with E-state index in [-0.39, 0.29) is 0 Å². The van der Waals surface area contributed by atoms with Gasteiger partial charge in [0.05, 0.1) is 18.8 Å². The number of thiocarbonyl (C=S) groups is 1. The van der Waals surface area contributed by atoms with Gasteiger partial charge in [-0.05, 0) is 55.7 Å². The zero-order valence-electron chi connectivity index (χ0n) is 15.2. The van der Waals surface area contributed by atoms with Gasteiger partial charge < -0.3 is 9.47 Å². The van der Waals surface area contributed by atoms with Crippen molar-refractivity contribution in [2.45, 2.75) is 33.6 Å². The molecule has 0 aliphatic heterocycles. The van der Waals surface area contributed by atoms with Crippen LogP contribution in [0.4, 0.5) is 0 Å². The Bertz CT molecular complexity index is 693. The van der Waals surface area contributed by atoms with Gasteiger partial charge in [0.15, 0.2) is 0 Å². The molecule has 0 bridgehead atoms. The van der Waals surface area contributed by atoms with Crippen LogP contribution < -0.4 is 9.47 Å². The van der Waals surface area contributed by atoms with Gasteiger partial charge in [-0.1, -0.05) is 55.9 Å². The zero-order chi connectivity index (χ0) is 18.1. The van der Waals surface area contributed by atoms with E-state index in [9.17, 15) is 0 Å². The van der Waals surface area contributed by atoms with Crippen molar-refractivity contribution in [3.63, 3.8) is 0 Å². The highest BCUT2D eigenvalue weighted by atomic mass is 32.1. The van der Waals surface area contributed by atoms with Crippen LogP contribution >= 0.6 is 12.2 Å². The van der Waals surface area contributed by atoms with E-state index in [0.717, 1.165) is 40.3 Å². The third-order valence-corrected chi connectivity index (χ3v) is 4.18. The summed E-state index contributed by atoms with van der Waals surface area (Å²) in [6.07, 6.45) is 6.18. The summed E-state index contributed by atoms with van der Waals surface area (Å²) in [6, 6.07) is 14.3. The van der Waals surface area contributed by atoms with Crippen LogP contribution in [0.3, 0.4) is 0 Å². The summed E-state index contributed by atoms with van der Waals surface area (Å²) >= 11 is 5.57. The minimum Gasteiger partial charge on any atom is -0.493 e. The number of benzene rings is 2. The molecule has 2 rings (SSSR count). The lowest BCUT2D eigenvalue weighted by atomic mass is 10.0. The molecule has 0 fully saturated rings. The van der Waals surface area contributed by atoms with Crippen LogP contribution in [0, 0.1) is 0 Å². The van der Waals surface area contributed by atoms with Crippen LogP contribution in [0.25, 0.3) is 6.08 Å². The predicted molar refractivity (Wildman–Crippen MR) is 110 cm³/mol. The van der Waals surface area contributed by atoms with E-state index in [1.807, 2.05) is 44.2 Å². The van der Waals surface area contributed by atoms with Gasteiger partial charge in [0.2, 0.25) is 0 Å². The van der Waals surface area contributed by atoms with Gasteiger partial charge in [-0.25, -0.2) is 0 Å². The van der Waals surface area contributed by atoms with Gasteiger partial charge in [0, 0.05) is 4.86 Å². The molecule has 0 amide bonds. The fourth-order valence-corrected chi connectivity index (χ4v) is 2.83. The molecule has 0 atom stereocenters. The molecule has 0 aromatic heterocycles. The first-order valence-electron chi connectivity index (χ1n) is 8.89. The Morgan fingerprint density at radius 1 is 0.920 bits per heavy atom. The quantitative estimate of drug-likeness (QED) is 0.319. The van der Waals surface area contributed by atoms with Gasteiger partial charge >= 0.3 is 0 Å². The number of allylic oxidation sites excluding steroid dienone is 1. The summed E-state index contributed by atoms with van der Waals surface area (Å²) in [6.45, 7) is 7.36. The molecule has 3 heteroatoms.